The van der Waals surface area contributed by atoms with Crippen LogP contribution in [0.3, 0.4) is 0 Å². The van der Waals surface area contributed by atoms with E-state index >= 15 is 0 Å². The second-order valence-corrected chi connectivity index (χ2v) is 4.98. The van der Waals surface area contributed by atoms with Crippen LogP contribution in [0, 0.1) is 0 Å². The summed E-state index contributed by atoms with van der Waals surface area (Å²) in [5.74, 6) is 0. The molecule has 0 spiro atoms. The Balaban J connectivity index is 2.31. The number of rotatable bonds is 3. The molecule has 0 amide bonds. The number of alkyl halides is 3. The van der Waals surface area contributed by atoms with E-state index < -0.39 is 11.7 Å². The van der Waals surface area contributed by atoms with Gasteiger partial charge in [0.2, 0.25) is 0 Å². The van der Waals surface area contributed by atoms with Gasteiger partial charge in [-0.05, 0) is 25.0 Å². The fourth-order valence-corrected chi connectivity index (χ4v) is 2.73. The zero-order chi connectivity index (χ0) is 14.8. The summed E-state index contributed by atoms with van der Waals surface area (Å²) >= 11 is 0. The van der Waals surface area contributed by atoms with Gasteiger partial charge in [0.25, 0.3) is 0 Å². The van der Waals surface area contributed by atoms with Crippen LogP contribution < -0.4 is 10.6 Å². The summed E-state index contributed by atoms with van der Waals surface area (Å²) in [6, 6.07) is 5.54. The van der Waals surface area contributed by atoms with Crippen molar-refractivity contribution in [1.82, 2.24) is 0 Å². The Morgan fingerprint density at radius 1 is 1.35 bits per heavy atom. The van der Waals surface area contributed by atoms with Gasteiger partial charge in [0.1, 0.15) is 0 Å². The molecule has 1 aliphatic rings. The second kappa shape index (κ2) is 6.01. The van der Waals surface area contributed by atoms with E-state index in [9.17, 15) is 13.2 Å². The van der Waals surface area contributed by atoms with E-state index in [4.69, 9.17) is 10.5 Å². The topological polar surface area (TPSA) is 38.5 Å². The molecular weight excluding hydrogens is 269 g/mol. The molecule has 0 aliphatic carbocycles. The van der Waals surface area contributed by atoms with E-state index in [2.05, 4.69) is 0 Å². The van der Waals surface area contributed by atoms with Crippen molar-refractivity contribution in [3.8, 4) is 0 Å². The van der Waals surface area contributed by atoms with Gasteiger partial charge in [-0.15, -0.1) is 0 Å². The lowest BCUT2D eigenvalue weighted by Crippen LogP contribution is -2.49. The van der Waals surface area contributed by atoms with Gasteiger partial charge in [0, 0.05) is 31.9 Å². The molecule has 20 heavy (non-hydrogen) atoms. The lowest BCUT2D eigenvalue weighted by atomic mass is 9.97. The van der Waals surface area contributed by atoms with Crippen molar-refractivity contribution in [2.45, 2.75) is 31.2 Å². The van der Waals surface area contributed by atoms with Crippen LogP contribution in [0.25, 0.3) is 0 Å². The van der Waals surface area contributed by atoms with E-state index in [-0.39, 0.29) is 17.8 Å². The second-order valence-electron chi connectivity index (χ2n) is 4.98. The molecule has 0 saturated carbocycles. The van der Waals surface area contributed by atoms with Crippen LogP contribution in [0.2, 0.25) is 0 Å². The van der Waals surface area contributed by atoms with Gasteiger partial charge in [0.15, 0.2) is 0 Å². The summed E-state index contributed by atoms with van der Waals surface area (Å²) in [5.41, 5.74) is 5.34. The average Bonchev–Trinajstić information content (AvgIpc) is 2.45. The smallest absolute Gasteiger partial charge is 0.381 e. The Kier molecular flexibility index (Phi) is 4.55. The molecule has 1 aromatic rings. The van der Waals surface area contributed by atoms with E-state index in [0.29, 0.717) is 25.9 Å². The number of nitrogens with two attached hydrogens (primary N) is 1. The van der Waals surface area contributed by atoms with E-state index in [0.717, 1.165) is 6.07 Å². The number of hydrogen-bond acceptors (Lipinski definition) is 3. The Labute approximate surface area is 116 Å². The predicted octanol–water partition coefficient (Wildman–Crippen LogP) is 2.65. The quantitative estimate of drug-likeness (QED) is 0.929. The van der Waals surface area contributed by atoms with Gasteiger partial charge in [-0.3, -0.25) is 0 Å². The van der Waals surface area contributed by atoms with Gasteiger partial charge >= 0.3 is 6.18 Å². The molecule has 1 heterocycles. The van der Waals surface area contributed by atoms with Crippen LogP contribution in [-0.4, -0.2) is 32.3 Å². The Bertz CT molecular complexity index is 450. The molecule has 2 rings (SSSR count). The third-order valence-corrected chi connectivity index (χ3v) is 3.79. The lowest BCUT2D eigenvalue weighted by molar-refractivity contribution is -0.137. The number of nitrogens with zero attached hydrogens (tertiary/aromatic N) is 1. The van der Waals surface area contributed by atoms with Crippen molar-refractivity contribution in [3.63, 3.8) is 0 Å². The minimum atomic E-state index is -4.35. The van der Waals surface area contributed by atoms with Gasteiger partial charge in [-0.1, -0.05) is 12.1 Å². The Morgan fingerprint density at radius 3 is 2.65 bits per heavy atom. The lowest BCUT2D eigenvalue weighted by Gasteiger charge is -2.41. The van der Waals surface area contributed by atoms with Crippen LogP contribution in [0.15, 0.2) is 24.3 Å². The molecule has 1 fully saturated rings. The molecule has 2 unspecified atom stereocenters. The van der Waals surface area contributed by atoms with Gasteiger partial charge in [-0.25, -0.2) is 0 Å². The van der Waals surface area contributed by atoms with Crippen molar-refractivity contribution < 1.29 is 17.9 Å². The number of anilines is 1. The number of hydrogen-bond donors (Lipinski definition) is 1. The van der Waals surface area contributed by atoms with Crippen molar-refractivity contribution in [1.29, 1.82) is 0 Å². The molecule has 2 atom stereocenters. The number of benzene rings is 1. The molecule has 6 heteroatoms. The van der Waals surface area contributed by atoms with E-state index in [1.807, 2.05) is 0 Å². The molecule has 3 nitrogen and oxygen atoms in total. The summed E-state index contributed by atoms with van der Waals surface area (Å²) in [6.07, 6.45) is -2.93. The Morgan fingerprint density at radius 2 is 2.05 bits per heavy atom. The van der Waals surface area contributed by atoms with Crippen molar-refractivity contribution in [2.24, 2.45) is 5.73 Å². The highest BCUT2D eigenvalue weighted by Gasteiger charge is 2.37. The first-order valence-electron chi connectivity index (χ1n) is 6.63. The highest BCUT2D eigenvalue weighted by molar-refractivity contribution is 5.56. The highest BCUT2D eigenvalue weighted by atomic mass is 19.4. The largest absolute Gasteiger partial charge is 0.418 e. The number of ether oxygens (including phenoxy) is 1. The normalized spacial score (nSPS) is 23.9. The predicted molar refractivity (Wildman–Crippen MR) is 71.7 cm³/mol. The molecule has 2 N–H and O–H groups in total. The summed E-state index contributed by atoms with van der Waals surface area (Å²) in [7, 11) is 1.62. The average molecular weight is 288 g/mol. The molecular formula is C14H19F3N2O. The molecule has 112 valence electrons. The molecule has 0 radical (unpaired) electrons. The summed E-state index contributed by atoms with van der Waals surface area (Å²) in [4.78, 5) is 1.76. The van der Waals surface area contributed by atoms with Crippen LogP contribution in [0.5, 0.6) is 0 Å². The SMILES string of the molecule is COC1CCN(c2ccccc2C(F)(F)F)C(CN)C1. The third kappa shape index (κ3) is 3.07. The molecule has 1 aromatic carbocycles. The highest BCUT2D eigenvalue weighted by Crippen LogP contribution is 2.38. The first-order valence-corrected chi connectivity index (χ1v) is 6.63. The maximum absolute atomic E-state index is 13.1. The minimum Gasteiger partial charge on any atom is -0.381 e. The zero-order valence-electron chi connectivity index (χ0n) is 11.4. The van der Waals surface area contributed by atoms with Crippen LogP contribution >= 0.6 is 0 Å². The van der Waals surface area contributed by atoms with Crippen molar-refractivity contribution >= 4 is 5.69 Å². The van der Waals surface area contributed by atoms with Crippen molar-refractivity contribution in [2.75, 3.05) is 25.1 Å². The molecule has 1 saturated heterocycles. The maximum atomic E-state index is 13.1. The van der Waals surface area contributed by atoms with E-state index in [1.165, 1.54) is 12.1 Å². The number of methoxy groups -OCH3 is 1. The maximum Gasteiger partial charge on any atom is 0.418 e. The first kappa shape index (κ1) is 15.1. The summed E-state index contributed by atoms with van der Waals surface area (Å²) < 4.78 is 44.6. The fraction of sp³-hybridized carbons (Fsp3) is 0.571. The Hall–Kier alpha value is -1.27. The molecule has 1 aliphatic heterocycles. The standard InChI is InChI=1S/C14H19F3N2O/c1-20-11-6-7-19(10(8-11)9-18)13-5-3-2-4-12(13)14(15,16)17/h2-5,10-11H,6-9,18H2,1H3. The van der Waals surface area contributed by atoms with Gasteiger partial charge < -0.3 is 15.4 Å². The van der Waals surface area contributed by atoms with Crippen molar-refractivity contribution in [3.05, 3.63) is 29.8 Å². The number of halogens is 3. The third-order valence-electron chi connectivity index (χ3n) is 3.79. The summed E-state index contributed by atoms with van der Waals surface area (Å²) in [5, 5.41) is 0. The molecule has 0 aromatic heterocycles. The van der Waals surface area contributed by atoms with Gasteiger partial charge in [-0.2, -0.15) is 13.2 Å². The van der Waals surface area contributed by atoms with Crippen LogP contribution in [0.4, 0.5) is 18.9 Å². The number of para-hydroxylation sites is 1. The minimum absolute atomic E-state index is 0.0675. The molecule has 0 bridgehead atoms. The van der Waals surface area contributed by atoms with Crippen LogP contribution in [-0.2, 0) is 10.9 Å². The summed E-state index contributed by atoms with van der Waals surface area (Å²) in [6.45, 7) is 0.833. The van der Waals surface area contributed by atoms with E-state index in [1.54, 1.807) is 18.1 Å². The van der Waals surface area contributed by atoms with Gasteiger partial charge in [0.05, 0.1) is 11.7 Å². The fourth-order valence-electron chi connectivity index (χ4n) is 2.73. The monoisotopic (exact) mass is 288 g/mol. The first-order chi connectivity index (χ1) is 9.47. The zero-order valence-corrected chi connectivity index (χ0v) is 11.4. The number of piperidine rings is 1. The van der Waals surface area contributed by atoms with Crippen LogP contribution in [0.1, 0.15) is 18.4 Å².